The van der Waals surface area contributed by atoms with Crippen LogP contribution in [0.25, 0.3) is 0 Å². The van der Waals surface area contributed by atoms with Crippen LogP contribution in [0.3, 0.4) is 0 Å². The lowest BCUT2D eigenvalue weighted by Crippen LogP contribution is -2.50. The molecule has 0 aromatic heterocycles. The molecule has 0 unspecified atom stereocenters. The highest BCUT2D eigenvalue weighted by Gasteiger charge is 2.42. The van der Waals surface area contributed by atoms with Crippen LogP contribution in [-0.2, 0) is 20.7 Å². The van der Waals surface area contributed by atoms with E-state index in [0.29, 0.717) is 35.7 Å². The number of amides is 3. The van der Waals surface area contributed by atoms with Crippen molar-refractivity contribution in [3.05, 3.63) is 70.4 Å². The zero-order valence-electron chi connectivity index (χ0n) is 19.3. The van der Waals surface area contributed by atoms with E-state index in [1.165, 1.54) is 4.90 Å². The smallest absolute Gasteiger partial charge is 0.338 e. The Labute approximate surface area is 197 Å². The molecule has 9 heteroatoms. The first kappa shape index (κ1) is 23.2. The molecule has 2 aromatic rings. The Morgan fingerprint density at radius 1 is 1.12 bits per heavy atom. The van der Waals surface area contributed by atoms with Crippen molar-refractivity contribution in [1.82, 2.24) is 15.5 Å². The summed E-state index contributed by atoms with van der Waals surface area (Å²) in [6, 6.07) is 12.1. The highest BCUT2D eigenvalue weighted by Crippen LogP contribution is 2.35. The average Bonchev–Trinajstić information content (AvgIpc) is 3.22. The molecule has 2 aromatic carbocycles. The molecule has 0 aliphatic carbocycles. The van der Waals surface area contributed by atoms with Crippen molar-refractivity contribution in [2.45, 2.75) is 19.4 Å². The number of esters is 1. The van der Waals surface area contributed by atoms with Gasteiger partial charge in [0.2, 0.25) is 5.91 Å². The fraction of sp³-hybridized carbons (Fsp3) is 0.320. The van der Waals surface area contributed by atoms with Gasteiger partial charge in [0, 0.05) is 6.54 Å². The second-order valence-electron chi connectivity index (χ2n) is 8.11. The number of ether oxygens (including phenoxy) is 3. The van der Waals surface area contributed by atoms with Crippen molar-refractivity contribution in [2.24, 2.45) is 0 Å². The molecule has 0 spiro atoms. The number of benzene rings is 2. The lowest BCUT2D eigenvalue weighted by molar-refractivity contribution is -0.136. The molecule has 0 saturated carbocycles. The van der Waals surface area contributed by atoms with Gasteiger partial charge in [-0.1, -0.05) is 35.9 Å². The molecule has 1 atom stereocenters. The number of rotatable bonds is 8. The number of urea groups is 1. The van der Waals surface area contributed by atoms with Crippen LogP contribution in [0.15, 0.2) is 53.7 Å². The zero-order valence-corrected chi connectivity index (χ0v) is 19.3. The molecule has 2 aliphatic rings. The molecule has 2 N–H and O–H groups in total. The summed E-state index contributed by atoms with van der Waals surface area (Å²) in [7, 11) is 3.14. The Balaban J connectivity index is 1.42. The number of nitrogens with one attached hydrogen (secondary N) is 2. The molecule has 0 bridgehead atoms. The molecule has 4 rings (SSSR count). The number of hydrogen-bond acceptors (Lipinski definition) is 6. The van der Waals surface area contributed by atoms with Gasteiger partial charge in [-0.2, -0.15) is 0 Å². The van der Waals surface area contributed by atoms with Crippen LogP contribution < -0.4 is 20.1 Å². The van der Waals surface area contributed by atoms with Gasteiger partial charge in [-0.3, -0.25) is 9.69 Å². The quantitative estimate of drug-likeness (QED) is 0.580. The van der Waals surface area contributed by atoms with E-state index in [2.05, 4.69) is 10.6 Å². The number of methoxy groups -OCH3 is 2. The topological polar surface area (TPSA) is 106 Å². The summed E-state index contributed by atoms with van der Waals surface area (Å²) in [6.07, 6.45) is 0.573. The molecule has 178 valence electrons. The largest absolute Gasteiger partial charge is 0.493 e. The average molecular weight is 466 g/mol. The first-order chi connectivity index (χ1) is 16.4. The summed E-state index contributed by atoms with van der Waals surface area (Å²) >= 11 is 0. The molecule has 34 heavy (non-hydrogen) atoms. The molecule has 0 radical (unpaired) electrons. The van der Waals surface area contributed by atoms with Crippen molar-refractivity contribution in [2.75, 3.05) is 33.9 Å². The lowest BCUT2D eigenvalue weighted by atomic mass is 9.95. The fourth-order valence-corrected chi connectivity index (χ4v) is 4.07. The van der Waals surface area contributed by atoms with Gasteiger partial charge in [0.15, 0.2) is 11.5 Å². The summed E-state index contributed by atoms with van der Waals surface area (Å²) in [5, 5.41) is 5.66. The number of aryl methyl sites for hydroxylation is 1. The van der Waals surface area contributed by atoms with E-state index >= 15 is 0 Å². The van der Waals surface area contributed by atoms with Crippen LogP contribution in [0.5, 0.6) is 11.5 Å². The molecule has 9 nitrogen and oxygen atoms in total. The van der Waals surface area contributed by atoms with Gasteiger partial charge < -0.3 is 24.8 Å². The second kappa shape index (κ2) is 9.86. The van der Waals surface area contributed by atoms with E-state index in [0.717, 1.165) is 16.7 Å². The second-order valence-corrected chi connectivity index (χ2v) is 8.11. The van der Waals surface area contributed by atoms with E-state index < -0.39 is 18.0 Å². The minimum atomic E-state index is -0.609. The number of carbonyl (C=O) groups excluding carboxylic acids is 3. The fourth-order valence-electron chi connectivity index (χ4n) is 4.07. The van der Waals surface area contributed by atoms with Gasteiger partial charge in [0.25, 0.3) is 0 Å². The summed E-state index contributed by atoms with van der Waals surface area (Å²) in [6.45, 7) is 2.08. The molecular formula is C25H27N3O6. The third-order valence-corrected chi connectivity index (χ3v) is 5.89. The number of carbonyl (C=O) groups is 3. The van der Waals surface area contributed by atoms with E-state index in [9.17, 15) is 14.4 Å². The number of nitrogens with zero attached hydrogens (tertiary/aromatic N) is 1. The normalized spacial score (nSPS) is 17.1. The van der Waals surface area contributed by atoms with Crippen LogP contribution in [-0.4, -0.2) is 56.7 Å². The first-order valence-electron chi connectivity index (χ1n) is 10.9. The minimum absolute atomic E-state index is 0.0388. The Morgan fingerprint density at radius 3 is 2.56 bits per heavy atom. The van der Waals surface area contributed by atoms with Crippen molar-refractivity contribution >= 4 is 17.9 Å². The van der Waals surface area contributed by atoms with Crippen LogP contribution in [0, 0.1) is 6.92 Å². The predicted octanol–water partition coefficient (Wildman–Crippen LogP) is 2.25. The summed E-state index contributed by atoms with van der Waals surface area (Å²) in [5.41, 5.74) is 3.61. The van der Waals surface area contributed by atoms with Gasteiger partial charge in [-0.05, 0) is 36.6 Å². The standard InChI is InChI=1S/C25H27N3O6/c1-15-4-7-17(8-5-15)23-22-18(14-34-24(22)30)28(25(31)27-23)13-21(29)26-11-10-16-6-9-19(32-2)20(12-16)33-3/h4-9,12,23H,10-11,13-14H2,1-3H3,(H,26,29)(H,27,31)/t23-/m1/s1. The monoisotopic (exact) mass is 465 g/mol. The first-order valence-corrected chi connectivity index (χ1v) is 10.9. The molecule has 0 fully saturated rings. The van der Waals surface area contributed by atoms with Gasteiger partial charge in [0.05, 0.1) is 31.5 Å². The van der Waals surface area contributed by atoms with Gasteiger partial charge in [-0.25, -0.2) is 9.59 Å². The Kier molecular flexibility index (Phi) is 6.72. The summed E-state index contributed by atoms with van der Waals surface area (Å²) in [5.74, 6) is 0.424. The molecule has 0 saturated heterocycles. The predicted molar refractivity (Wildman–Crippen MR) is 123 cm³/mol. The number of hydrogen-bond donors (Lipinski definition) is 2. The lowest BCUT2D eigenvalue weighted by Gasteiger charge is -2.32. The number of cyclic esters (lactones) is 1. The molecular weight excluding hydrogens is 438 g/mol. The highest BCUT2D eigenvalue weighted by molar-refractivity contribution is 5.98. The molecule has 3 amide bonds. The van der Waals surface area contributed by atoms with Crippen molar-refractivity contribution in [3.63, 3.8) is 0 Å². The van der Waals surface area contributed by atoms with E-state index in [4.69, 9.17) is 14.2 Å². The van der Waals surface area contributed by atoms with E-state index in [1.54, 1.807) is 14.2 Å². The van der Waals surface area contributed by atoms with Gasteiger partial charge in [-0.15, -0.1) is 0 Å². The molecule has 2 heterocycles. The van der Waals surface area contributed by atoms with Crippen molar-refractivity contribution in [1.29, 1.82) is 0 Å². The van der Waals surface area contributed by atoms with Crippen molar-refractivity contribution in [3.8, 4) is 11.5 Å². The SMILES string of the molecule is COc1ccc(CCNC(=O)CN2C(=O)N[C@H](c3ccc(C)cc3)C3=C2COC3=O)cc1OC. The maximum Gasteiger partial charge on any atom is 0.338 e. The summed E-state index contributed by atoms with van der Waals surface area (Å²) in [4.78, 5) is 39.2. The highest BCUT2D eigenvalue weighted by atomic mass is 16.5. The van der Waals surface area contributed by atoms with Crippen LogP contribution in [0.4, 0.5) is 4.79 Å². The van der Waals surface area contributed by atoms with E-state index in [1.807, 2.05) is 49.4 Å². The molecule has 2 aliphatic heterocycles. The van der Waals surface area contributed by atoms with E-state index in [-0.39, 0.29) is 19.1 Å². The maximum atomic E-state index is 12.9. The van der Waals surface area contributed by atoms with Crippen molar-refractivity contribution < 1.29 is 28.6 Å². The maximum absolute atomic E-state index is 12.9. The zero-order chi connectivity index (χ0) is 24.2. The van der Waals surface area contributed by atoms with Gasteiger partial charge >= 0.3 is 12.0 Å². The Hall–Kier alpha value is -4.01. The summed E-state index contributed by atoms with van der Waals surface area (Å²) < 4.78 is 15.8. The van der Waals surface area contributed by atoms with Crippen LogP contribution in [0.1, 0.15) is 22.7 Å². The Morgan fingerprint density at radius 2 is 1.85 bits per heavy atom. The van der Waals surface area contributed by atoms with Crippen LogP contribution in [0.2, 0.25) is 0 Å². The van der Waals surface area contributed by atoms with Crippen LogP contribution >= 0.6 is 0 Å². The third-order valence-electron chi connectivity index (χ3n) is 5.89. The third kappa shape index (κ3) is 4.68. The van der Waals surface area contributed by atoms with Gasteiger partial charge in [0.1, 0.15) is 13.2 Å². The minimum Gasteiger partial charge on any atom is -0.493 e. The Bertz CT molecular complexity index is 1140.